The van der Waals surface area contributed by atoms with E-state index in [4.69, 9.17) is 0 Å². The van der Waals surface area contributed by atoms with Crippen molar-refractivity contribution in [3.05, 3.63) is 11.6 Å². The molecule has 4 nitrogen and oxygen atoms in total. The van der Waals surface area contributed by atoms with E-state index in [1.54, 1.807) is 6.92 Å². The molecule has 2 atom stereocenters. The Morgan fingerprint density at radius 3 is 2.62 bits per heavy atom. The van der Waals surface area contributed by atoms with Crippen LogP contribution in [0.3, 0.4) is 0 Å². The number of rotatable bonds is 5. The molecule has 0 aromatic heterocycles. The minimum Gasteiger partial charge on any atom is -0.343 e. The van der Waals surface area contributed by atoms with Gasteiger partial charge in [-0.25, -0.2) is 0 Å². The van der Waals surface area contributed by atoms with Gasteiger partial charge in [0.05, 0.1) is 0 Å². The second kappa shape index (κ2) is 8.68. The molecule has 24 heavy (non-hydrogen) atoms. The van der Waals surface area contributed by atoms with Crippen molar-refractivity contribution in [2.45, 2.75) is 59.8 Å². The molecule has 2 aliphatic heterocycles. The Morgan fingerprint density at radius 2 is 1.96 bits per heavy atom. The predicted octanol–water partition coefficient (Wildman–Crippen LogP) is 3.48. The predicted molar refractivity (Wildman–Crippen MR) is 97.5 cm³/mol. The van der Waals surface area contributed by atoms with Crippen LogP contribution in [-0.4, -0.2) is 47.8 Å². The number of nitrogens with zero attached hydrogens (tertiary/aromatic N) is 2. The third-order valence-corrected chi connectivity index (χ3v) is 5.79. The Kier molecular flexibility index (Phi) is 6.88. The van der Waals surface area contributed by atoms with Gasteiger partial charge in [-0.05, 0) is 43.4 Å². The second-order valence-electron chi connectivity index (χ2n) is 7.92. The Bertz CT molecular complexity index is 484. The molecule has 4 heteroatoms. The smallest absolute Gasteiger partial charge is 0.222 e. The fraction of sp³-hybridized carbons (Fsp3) is 0.800. The summed E-state index contributed by atoms with van der Waals surface area (Å²) in [5.41, 5.74) is 1.40. The van der Waals surface area contributed by atoms with Gasteiger partial charge in [0.25, 0.3) is 0 Å². The maximum atomic E-state index is 12.6. The second-order valence-corrected chi connectivity index (χ2v) is 7.92. The topological polar surface area (TPSA) is 40.6 Å². The van der Waals surface area contributed by atoms with Gasteiger partial charge in [0.1, 0.15) is 0 Å². The lowest BCUT2D eigenvalue weighted by atomic mass is 9.83. The quantitative estimate of drug-likeness (QED) is 0.722. The van der Waals surface area contributed by atoms with E-state index in [0.29, 0.717) is 30.1 Å². The van der Waals surface area contributed by atoms with Crippen molar-refractivity contribution < 1.29 is 9.59 Å². The molecule has 1 fully saturated rings. The summed E-state index contributed by atoms with van der Waals surface area (Å²) in [6.07, 6.45) is 7.15. The number of carbonyl (C=O) groups is 2. The molecule has 1 saturated heterocycles. The molecule has 2 heterocycles. The lowest BCUT2D eigenvalue weighted by molar-refractivity contribution is -0.133. The van der Waals surface area contributed by atoms with Crippen LogP contribution in [0.15, 0.2) is 11.6 Å². The summed E-state index contributed by atoms with van der Waals surface area (Å²) in [7, 11) is 0. The van der Waals surface area contributed by atoms with Crippen LogP contribution in [0.5, 0.6) is 0 Å². The summed E-state index contributed by atoms with van der Waals surface area (Å²) < 4.78 is 0. The summed E-state index contributed by atoms with van der Waals surface area (Å²) in [5, 5.41) is 0. The third-order valence-electron chi connectivity index (χ3n) is 5.79. The maximum absolute atomic E-state index is 12.6. The van der Waals surface area contributed by atoms with Crippen LogP contribution in [0.4, 0.5) is 0 Å². The number of hydrogen-bond donors (Lipinski definition) is 0. The number of piperidine rings is 1. The van der Waals surface area contributed by atoms with E-state index in [1.165, 1.54) is 12.0 Å². The van der Waals surface area contributed by atoms with Gasteiger partial charge in [-0.3, -0.25) is 9.59 Å². The fourth-order valence-electron chi connectivity index (χ4n) is 3.91. The van der Waals surface area contributed by atoms with Gasteiger partial charge in [0.15, 0.2) is 0 Å². The average molecular weight is 335 g/mol. The summed E-state index contributed by atoms with van der Waals surface area (Å²) in [6.45, 7) is 11.8. The zero-order valence-corrected chi connectivity index (χ0v) is 15.9. The molecule has 2 aliphatic rings. The molecule has 0 saturated carbocycles. The van der Waals surface area contributed by atoms with E-state index < -0.39 is 0 Å². The molecular weight excluding hydrogens is 300 g/mol. The Hall–Kier alpha value is -1.32. The molecule has 0 aliphatic carbocycles. The minimum atomic E-state index is 0.185. The molecule has 0 bridgehead atoms. The van der Waals surface area contributed by atoms with Crippen molar-refractivity contribution in [3.63, 3.8) is 0 Å². The molecule has 2 amide bonds. The fourth-order valence-corrected chi connectivity index (χ4v) is 3.91. The van der Waals surface area contributed by atoms with Gasteiger partial charge in [0.2, 0.25) is 11.8 Å². The van der Waals surface area contributed by atoms with Gasteiger partial charge in [-0.2, -0.15) is 0 Å². The number of carbonyl (C=O) groups excluding carboxylic acids is 2. The van der Waals surface area contributed by atoms with Gasteiger partial charge < -0.3 is 9.80 Å². The van der Waals surface area contributed by atoms with Crippen molar-refractivity contribution >= 4 is 11.8 Å². The first kappa shape index (κ1) is 19.0. The van der Waals surface area contributed by atoms with Crippen LogP contribution in [0.2, 0.25) is 0 Å². The summed E-state index contributed by atoms with van der Waals surface area (Å²) in [5.74, 6) is 2.06. The molecular formula is C20H34N2O2. The number of amides is 2. The van der Waals surface area contributed by atoms with Gasteiger partial charge >= 0.3 is 0 Å². The van der Waals surface area contributed by atoms with E-state index >= 15 is 0 Å². The van der Waals surface area contributed by atoms with Gasteiger partial charge in [-0.1, -0.05) is 32.4 Å². The van der Waals surface area contributed by atoms with E-state index in [1.807, 2.05) is 9.80 Å². The van der Waals surface area contributed by atoms with E-state index in [-0.39, 0.29) is 5.91 Å². The van der Waals surface area contributed by atoms with Crippen molar-refractivity contribution in [3.8, 4) is 0 Å². The molecule has 0 spiro atoms. The highest BCUT2D eigenvalue weighted by Crippen LogP contribution is 2.27. The summed E-state index contributed by atoms with van der Waals surface area (Å²) in [4.78, 5) is 28.1. The molecule has 2 rings (SSSR count). The Morgan fingerprint density at radius 1 is 1.21 bits per heavy atom. The van der Waals surface area contributed by atoms with Crippen molar-refractivity contribution in [1.82, 2.24) is 9.80 Å². The summed E-state index contributed by atoms with van der Waals surface area (Å²) >= 11 is 0. The highest BCUT2D eigenvalue weighted by atomic mass is 16.2. The SMILES string of the molecule is CC(=O)N1CCCC(C(C)CCC(=O)N2CCC=C(C(C)C)C2)C1. The minimum absolute atomic E-state index is 0.185. The lowest BCUT2D eigenvalue weighted by Crippen LogP contribution is -2.41. The van der Waals surface area contributed by atoms with Crippen LogP contribution < -0.4 is 0 Å². The number of likely N-dealkylation sites (tertiary alicyclic amines) is 1. The first-order valence-electron chi connectivity index (χ1n) is 9.60. The first-order chi connectivity index (χ1) is 11.4. The zero-order chi connectivity index (χ0) is 17.7. The maximum Gasteiger partial charge on any atom is 0.222 e. The number of hydrogen-bond acceptors (Lipinski definition) is 2. The van der Waals surface area contributed by atoms with E-state index in [2.05, 4.69) is 26.8 Å². The summed E-state index contributed by atoms with van der Waals surface area (Å²) in [6, 6.07) is 0. The van der Waals surface area contributed by atoms with Crippen LogP contribution in [0, 0.1) is 17.8 Å². The zero-order valence-electron chi connectivity index (χ0n) is 15.9. The van der Waals surface area contributed by atoms with Gasteiger partial charge in [-0.15, -0.1) is 0 Å². The molecule has 0 aromatic rings. The van der Waals surface area contributed by atoms with E-state index in [9.17, 15) is 9.59 Å². The monoisotopic (exact) mass is 334 g/mol. The Balaban J connectivity index is 1.79. The van der Waals surface area contributed by atoms with Crippen molar-refractivity contribution in [2.24, 2.45) is 17.8 Å². The van der Waals surface area contributed by atoms with Crippen molar-refractivity contribution in [1.29, 1.82) is 0 Å². The highest BCUT2D eigenvalue weighted by Gasteiger charge is 2.27. The average Bonchev–Trinajstić information content (AvgIpc) is 2.59. The molecule has 0 N–H and O–H groups in total. The molecule has 0 aromatic carbocycles. The molecule has 0 radical (unpaired) electrons. The largest absolute Gasteiger partial charge is 0.343 e. The first-order valence-corrected chi connectivity index (χ1v) is 9.60. The highest BCUT2D eigenvalue weighted by molar-refractivity contribution is 5.76. The van der Waals surface area contributed by atoms with Crippen LogP contribution in [0.25, 0.3) is 0 Å². The molecule has 136 valence electrons. The third kappa shape index (κ3) is 5.09. The molecule has 2 unspecified atom stereocenters. The van der Waals surface area contributed by atoms with Crippen molar-refractivity contribution in [2.75, 3.05) is 26.2 Å². The Labute approximate surface area is 147 Å². The van der Waals surface area contributed by atoms with E-state index in [0.717, 1.165) is 45.4 Å². The van der Waals surface area contributed by atoms with Crippen LogP contribution >= 0.6 is 0 Å². The standard InChI is InChI=1S/C20H34N2O2/c1-15(2)18-7-5-12-22(13-18)20(24)10-9-16(3)19-8-6-11-21(14-19)17(4)23/h7,15-16,19H,5-6,8-14H2,1-4H3. The lowest BCUT2D eigenvalue weighted by Gasteiger charge is -2.35. The van der Waals surface area contributed by atoms with Crippen LogP contribution in [-0.2, 0) is 9.59 Å². The van der Waals surface area contributed by atoms with Gasteiger partial charge in [0, 0.05) is 39.5 Å². The normalized spacial score (nSPS) is 23.2. The van der Waals surface area contributed by atoms with Crippen LogP contribution in [0.1, 0.15) is 59.8 Å².